The average Bonchev–Trinajstić information content (AvgIpc) is 3.07. The molecule has 1 saturated carbocycles. The number of hydrogen-bond donors (Lipinski definition) is 1. The molecule has 1 fully saturated rings. The van der Waals surface area contributed by atoms with Crippen molar-refractivity contribution in [1.82, 2.24) is 0 Å². The highest BCUT2D eigenvalue weighted by molar-refractivity contribution is 6.73. The highest BCUT2D eigenvalue weighted by Gasteiger charge is 2.52. The Hall–Kier alpha value is -0.813. The van der Waals surface area contributed by atoms with Crippen LogP contribution in [-0.4, -0.2) is 19.3 Å². The lowest BCUT2D eigenvalue weighted by Crippen LogP contribution is -2.32. The first-order valence-corrected chi connectivity index (χ1v) is 8.87. The van der Waals surface area contributed by atoms with E-state index in [1.54, 1.807) is 6.55 Å². The third-order valence-electron chi connectivity index (χ3n) is 3.73. The Labute approximate surface area is 106 Å². The van der Waals surface area contributed by atoms with Gasteiger partial charge in [-0.1, -0.05) is 30.3 Å². The topological polar surface area (TPSA) is 20.2 Å². The standard InChI is InChI=1S/C13H17F3OSi/c1-18(17,8-7-13(14,15)16)12-9-11(12)10-5-3-2-4-6-10/h2-6,11-12,17H,7-9H2,1H3. The molecule has 1 N–H and O–H groups in total. The molecule has 1 nitrogen and oxygen atoms in total. The summed E-state index contributed by atoms with van der Waals surface area (Å²) in [5.74, 6) is 0.265. The Bertz CT molecular complexity index is 402. The summed E-state index contributed by atoms with van der Waals surface area (Å²) in [6.45, 7) is 1.66. The minimum Gasteiger partial charge on any atom is -0.432 e. The second-order valence-electron chi connectivity index (χ2n) is 5.33. The summed E-state index contributed by atoms with van der Waals surface area (Å²) in [7, 11) is -2.75. The fraction of sp³-hybridized carbons (Fsp3) is 0.538. The van der Waals surface area contributed by atoms with Crippen LogP contribution >= 0.6 is 0 Å². The Balaban J connectivity index is 1.94. The van der Waals surface area contributed by atoms with E-state index in [2.05, 4.69) is 0 Å². The molecule has 1 aromatic rings. The third-order valence-corrected chi connectivity index (χ3v) is 7.23. The van der Waals surface area contributed by atoms with E-state index in [0.717, 1.165) is 12.0 Å². The van der Waals surface area contributed by atoms with E-state index in [1.165, 1.54) is 0 Å². The highest BCUT2D eigenvalue weighted by Crippen LogP contribution is 2.58. The molecule has 0 aliphatic heterocycles. The Morgan fingerprint density at radius 1 is 1.28 bits per heavy atom. The predicted molar refractivity (Wildman–Crippen MR) is 66.9 cm³/mol. The van der Waals surface area contributed by atoms with Crippen molar-refractivity contribution in [2.24, 2.45) is 0 Å². The van der Waals surface area contributed by atoms with Crippen LogP contribution in [0.15, 0.2) is 30.3 Å². The van der Waals surface area contributed by atoms with Crippen molar-refractivity contribution in [3.05, 3.63) is 35.9 Å². The number of rotatable bonds is 4. The molecule has 1 aromatic carbocycles. The van der Waals surface area contributed by atoms with Gasteiger partial charge in [-0.15, -0.1) is 0 Å². The molecule has 5 heteroatoms. The molecule has 18 heavy (non-hydrogen) atoms. The molecule has 0 spiro atoms. The van der Waals surface area contributed by atoms with E-state index in [4.69, 9.17) is 0 Å². The minimum atomic E-state index is -4.16. The molecule has 0 aromatic heterocycles. The lowest BCUT2D eigenvalue weighted by Gasteiger charge is -2.21. The minimum absolute atomic E-state index is 0.0789. The van der Waals surface area contributed by atoms with Gasteiger partial charge in [0.2, 0.25) is 0 Å². The SMILES string of the molecule is C[Si](O)(CCC(F)(F)F)C1CC1c1ccccc1. The number of alkyl halides is 3. The lowest BCUT2D eigenvalue weighted by atomic mass is 10.1. The molecule has 1 aliphatic rings. The maximum atomic E-state index is 12.2. The summed E-state index contributed by atoms with van der Waals surface area (Å²) < 4.78 is 36.6. The molecule has 0 heterocycles. The van der Waals surface area contributed by atoms with Gasteiger partial charge >= 0.3 is 6.18 Å². The second-order valence-corrected chi connectivity index (χ2v) is 9.29. The molecule has 1 aliphatic carbocycles. The van der Waals surface area contributed by atoms with Gasteiger partial charge in [-0.25, -0.2) is 0 Å². The van der Waals surface area contributed by atoms with Crippen molar-refractivity contribution in [3.8, 4) is 0 Å². The Morgan fingerprint density at radius 3 is 2.44 bits per heavy atom. The zero-order valence-corrected chi connectivity index (χ0v) is 11.2. The van der Waals surface area contributed by atoms with E-state index >= 15 is 0 Å². The molecular formula is C13H17F3OSi. The molecule has 0 bridgehead atoms. The summed E-state index contributed by atoms with van der Waals surface area (Å²) in [5.41, 5.74) is 1.23. The Morgan fingerprint density at radius 2 is 1.89 bits per heavy atom. The first-order valence-electron chi connectivity index (χ1n) is 6.14. The van der Waals surface area contributed by atoms with Gasteiger partial charge in [-0.2, -0.15) is 13.2 Å². The second kappa shape index (κ2) is 4.70. The van der Waals surface area contributed by atoms with Crippen molar-refractivity contribution in [2.45, 2.75) is 43.1 Å². The molecule has 0 saturated heterocycles. The van der Waals surface area contributed by atoms with Crippen LogP contribution in [0.5, 0.6) is 0 Å². The quantitative estimate of drug-likeness (QED) is 0.821. The number of benzene rings is 1. The third kappa shape index (κ3) is 3.35. The molecule has 0 amide bonds. The Kier molecular flexibility index (Phi) is 3.55. The van der Waals surface area contributed by atoms with E-state index < -0.39 is 20.9 Å². The van der Waals surface area contributed by atoms with Crippen LogP contribution in [0.1, 0.15) is 24.3 Å². The zero-order chi connectivity index (χ0) is 13.4. The summed E-state index contributed by atoms with van der Waals surface area (Å²) in [5, 5.41) is 0. The van der Waals surface area contributed by atoms with Crippen molar-refractivity contribution >= 4 is 8.32 Å². The van der Waals surface area contributed by atoms with Crippen LogP contribution in [-0.2, 0) is 0 Å². The van der Waals surface area contributed by atoms with Crippen LogP contribution in [0.2, 0.25) is 18.1 Å². The van der Waals surface area contributed by atoms with E-state index in [9.17, 15) is 18.0 Å². The fourth-order valence-electron chi connectivity index (χ4n) is 2.53. The maximum absolute atomic E-state index is 12.2. The largest absolute Gasteiger partial charge is 0.432 e. The van der Waals surface area contributed by atoms with E-state index in [1.807, 2.05) is 30.3 Å². The van der Waals surface area contributed by atoms with Gasteiger partial charge in [-0.05, 0) is 36.0 Å². The summed E-state index contributed by atoms with van der Waals surface area (Å²) in [6, 6.07) is 9.66. The van der Waals surface area contributed by atoms with Gasteiger partial charge < -0.3 is 4.80 Å². The maximum Gasteiger partial charge on any atom is 0.388 e. The molecule has 3 atom stereocenters. The van der Waals surface area contributed by atoms with Crippen molar-refractivity contribution in [3.63, 3.8) is 0 Å². The summed E-state index contributed by atoms with van der Waals surface area (Å²) >= 11 is 0. The molecule has 3 unspecified atom stereocenters. The highest BCUT2D eigenvalue weighted by atomic mass is 28.4. The summed E-state index contributed by atoms with van der Waals surface area (Å²) in [4.78, 5) is 10.3. The molecule has 0 radical (unpaired) electrons. The van der Waals surface area contributed by atoms with Crippen LogP contribution in [0.4, 0.5) is 13.2 Å². The average molecular weight is 274 g/mol. The first kappa shape index (κ1) is 13.6. The van der Waals surface area contributed by atoms with Gasteiger partial charge in [0.05, 0.1) is 0 Å². The van der Waals surface area contributed by atoms with E-state index in [-0.39, 0.29) is 17.5 Å². The van der Waals surface area contributed by atoms with Crippen LogP contribution in [0, 0.1) is 0 Å². The number of halogens is 3. The zero-order valence-electron chi connectivity index (χ0n) is 10.2. The van der Waals surface area contributed by atoms with Gasteiger partial charge in [0, 0.05) is 6.42 Å². The van der Waals surface area contributed by atoms with E-state index in [0.29, 0.717) is 0 Å². The van der Waals surface area contributed by atoms with Gasteiger partial charge in [0.1, 0.15) is 0 Å². The molecule has 100 valence electrons. The lowest BCUT2D eigenvalue weighted by molar-refractivity contribution is -0.131. The van der Waals surface area contributed by atoms with Gasteiger partial charge in [0.15, 0.2) is 8.32 Å². The van der Waals surface area contributed by atoms with Crippen LogP contribution < -0.4 is 0 Å². The van der Waals surface area contributed by atoms with Gasteiger partial charge in [-0.3, -0.25) is 0 Å². The number of hydrogen-bond acceptors (Lipinski definition) is 1. The van der Waals surface area contributed by atoms with Crippen molar-refractivity contribution in [2.75, 3.05) is 0 Å². The van der Waals surface area contributed by atoms with Crippen LogP contribution in [0.25, 0.3) is 0 Å². The van der Waals surface area contributed by atoms with Crippen molar-refractivity contribution < 1.29 is 18.0 Å². The fourth-order valence-corrected chi connectivity index (χ4v) is 5.51. The van der Waals surface area contributed by atoms with Crippen LogP contribution in [0.3, 0.4) is 0 Å². The molecular weight excluding hydrogens is 257 g/mol. The first-order chi connectivity index (χ1) is 8.30. The van der Waals surface area contributed by atoms with Gasteiger partial charge in [0.25, 0.3) is 0 Å². The van der Waals surface area contributed by atoms with Crippen molar-refractivity contribution in [1.29, 1.82) is 0 Å². The normalized spacial score (nSPS) is 26.7. The predicted octanol–water partition coefficient (Wildman–Crippen LogP) is 4.06. The monoisotopic (exact) mass is 274 g/mol. The smallest absolute Gasteiger partial charge is 0.388 e. The molecule has 2 rings (SSSR count). The summed E-state index contributed by atoms with van der Waals surface area (Å²) in [6.07, 6.45) is -4.18.